The normalized spacial score (nSPS) is 26.2. The number of phenols is 3. The molecule has 8 heterocycles. The number of carbonyl (C=O) groups is 9. The first-order valence-corrected chi connectivity index (χ1v) is 39.6. The number of hydrogen-bond acceptors (Lipinski definition) is 29. The third kappa shape index (κ3) is 20.5. The summed E-state index contributed by atoms with van der Waals surface area (Å²) in [5.74, 6) is -16.9. The number of benzene rings is 6. The quantitative estimate of drug-likeness (QED) is 0.0361. The number of amides is 9. The highest BCUT2D eigenvalue weighted by atomic mass is 35.5. The van der Waals surface area contributed by atoms with Crippen molar-refractivity contribution in [3.8, 4) is 57.1 Å². The van der Waals surface area contributed by atoms with E-state index in [1.807, 2.05) is 13.8 Å². The highest BCUT2D eigenvalue weighted by Gasteiger charge is 2.52. The number of carbonyl (C=O) groups excluding carboxylic acids is 9. The Morgan fingerprint density at radius 1 is 0.707 bits per heavy atom. The van der Waals surface area contributed by atoms with E-state index in [-0.39, 0.29) is 70.6 Å². The van der Waals surface area contributed by atoms with Crippen molar-refractivity contribution < 1.29 is 127 Å². The van der Waals surface area contributed by atoms with Crippen LogP contribution in [0.15, 0.2) is 116 Å². The van der Waals surface area contributed by atoms with Crippen LogP contribution < -0.4 is 78.6 Å². The van der Waals surface area contributed by atoms with E-state index in [9.17, 15) is 74.6 Å². The molecule has 123 heavy (non-hydrogen) atoms. The number of hydrazine groups is 1. The van der Waals surface area contributed by atoms with E-state index in [0.717, 1.165) is 78.9 Å². The number of rotatable bonds is 21. The number of primary amides is 1. The second kappa shape index (κ2) is 38.7. The van der Waals surface area contributed by atoms with Gasteiger partial charge in [-0.2, -0.15) is 0 Å². The Morgan fingerprint density at radius 3 is 2.01 bits per heavy atom. The molecule has 11 bridgehead atoms. The molecule has 7 aliphatic rings. The molecular formula is C81H89Cl3FN13O25. The first-order chi connectivity index (χ1) is 58.4. The van der Waals surface area contributed by atoms with Gasteiger partial charge in [-0.3, -0.25) is 53.6 Å². The number of ether oxygens (including phenoxy) is 6. The maximum absolute atomic E-state index is 16.3. The molecule has 0 spiro atoms. The summed E-state index contributed by atoms with van der Waals surface area (Å²) in [6, 6.07) is 4.42. The molecule has 14 rings (SSSR count). The third-order valence-corrected chi connectivity index (χ3v) is 22.0. The SMILES string of the molecule is CNC(CC(C)C)C(=O)NC1C(=O)NC(CC(N)=O)C(=O)NC2C(=O)NC3C(=O)NC(C(=O)N[C@@H](C(=O)NNCCO)c4cc(O)cc(O)c4-c4cc3ccc4O)C(O)c3ccc(c(Cl)c3)Oc3cc2cc(c3OC2OC(CO)C(O)C(O)C2OC2C[C@@](C)(NCc3cncc(NC(=O)c4ccc(F)c(Cl)c4)c3)C(O)C(C)O2)Oc2ccc(cc2Cl)C1O. The molecule has 0 saturated carbocycles. The van der Waals surface area contributed by atoms with E-state index < -0.39 is 260 Å². The van der Waals surface area contributed by atoms with Crippen molar-refractivity contribution in [2.24, 2.45) is 11.7 Å². The fourth-order valence-corrected chi connectivity index (χ4v) is 15.4. The Hall–Kier alpha value is -11.2. The molecule has 2 saturated heterocycles. The molecule has 42 heteroatoms. The fraction of sp³-hybridized carbons (Fsp3) is 0.383. The van der Waals surface area contributed by atoms with E-state index in [1.165, 1.54) is 44.6 Å². The van der Waals surface area contributed by atoms with Crippen LogP contribution in [0, 0.1) is 11.7 Å². The third-order valence-electron chi connectivity index (χ3n) is 21.1. The molecule has 7 aliphatic heterocycles. The van der Waals surface area contributed by atoms with Crippen LogP contribution in [-0.2, 0) is 59.1 Å². The number of aliphatic hydroxyl groups excluding tert-OH is 7. The van der Waals surface area contributed by atoms with E-state index in [1.54, 1.807) is 13.0 Å². The van der Waals surface area contributed by atoms with Gasteiger partial charge >= 0.3 is 0 Å². The second-order valence-corrected chi connectivity index (χ2v) is 31.7. The lowest BCUT2D eigenvalue weighted by atomic mass is 9.84. The Kier molecular flexibility index (Phi) is 28.6. The average Bonchev–Trinajstić information content (AvgIpc) is 0.764. The zero-order valence-electron chi connectivity index (χ0n) is 65.9. The topological polar surface area (TPSA) is 583 Å². The minimum atomic E-state index is -2.40. The summed E-state index contributed by atoms with van der Waals surface area (Å²) >= 11 is 20.3. The van der Waals surface area contributed by atoms with Crippen molar-refractivity contribution in [1.29, 1.82) is 0 Å². The molecule has 2 fully saturated rings. The number of nitrogens with zero attached hydrogens (tertiary/aromatic N) is 1. The number of halogens is 4. The summed E-state index contributed by atoms with van der Waals surface area (Å²) in [4.78, 5) is 137. The van der Waals surface area contributed by atoms with Gasteiger partial charge in [0.25, 0.3) is 11.8 Å². The van der Waals surface area contributed by atoms with Gasteiger partial charge in [-0.05, 0) is 145 Å². The molecule has 38 nitrogen and oxygen atoms in total. The van der Waals surface area contributed by atoms with Gasteiger partial charge < -0.3 is 133 Å². The summed E-state index contributed by atoms with van der Waals surface area (Å²) in [5, 5.41) is 139. The van der Waals surface area contributed by atoms with Crippen LogP contribution in [0.3, 0.4) is 0 Å². The maximum Gasteiger partial charge on any atom is 0.261 e. The van der Waals surface area contributed by atoms with E-state index in [2.05, 4.69) is 63.7 Å². The largest absolute Gasteiger partial charge is 0.508 e. The van der Waals surface area contributed by atoms with Gasteiger partial charge in [-0.15, -0.1) is 0 Å². The minimum absolute atomic E-state index is 0.0406. The average molecular weight is 1770 g/mol. The second-order valence-electron chi connectivity index (χ2n) is 30.4. The number of pyridine rings is 1. The smallest absolute Gasteiger partial charge is 0.261 e. The van der Waals surface area contributed by atoms with Gasteiger partial charge in [0, 0.05) is 54.0 Å². The Bertz CT molecular complexity index is 5220. The molecule has 9 amide bonds. The van der Waals surface area contributed by atoms with Crippen molar-refractivity contribution in [1.82, 2.24) is 58.4 Å². The van der Waals surface area contributed by atoms with Crippen LogP contribution >= 0.6 is 34.8 Å². The fourth-order valence-electron chi connectivity index (χ4n) is 14.7. The van der Waals surface area contributed by atoms with Crippen molar-refractivity contribution in [3.05, 3.63) is 175 Å². The van der Waals surface area contributed by atoms with Crippen molar-refractivity contribution in [3.63, 3.8) is 0 Å². The number of likely N-dealkylation sites (N-methyl/N-ethyl adjacent to an activating group) is 1. The number of hydrogen-bond donors (Lipinski definition) is 22. The lowest BCUT2D eigenvalue weighted by Crippen LogP contribution is -2.65. The number of anilines is 1. The molecule has 0 radical (unpaired) electrons. The highest BCUT2D eigenvalue weighted by Crippen LogP contribution is 2.50. The lowest BCUT2D eigenvalue weighted by Gasteiger charge is -2.48. The summed E-state index contributed by atoms with van der Waals surface area (Å²) in [6.45, 7) is 4.86. The number of nitrogens with one attached hydrogen (secondary N) is 11. The van der Waals surface area contributed by atoms with Gasteiger partial charge in [0.2, 0.25) is 53.4 Å². The van der Waals surface area contributed by atoms with Gasteiger partial charge in [-0.1, -0.05) is 66.8 Å². The van der Waals surface area contributed by atoms with Gasteiger partial charge in [0.15, 0.2) is 23.9 Å². The summed E-state index contributed by atoms with van der Waals surface area (Å²) in [7, 11) is 1.47. The van der Waals surface area contributed by atoms with Gasteiger partial charge in [0.1, 0.15) is 101 Å². The molecule has 656 valence electrons. The van der Waals surface area contributed by atoms with Gasteiger partial charge in [0.05, 0.1) is 64.8 Å². The molecule has 6 aromatic carbocycles. The van der Waals surface area contributed by atoms with Gasteiger partial charge in [-0.25, -0.2) is 9.82 Å². The van der Waals surface area contributed by atoms with E-state index in [4.69, 9.17) is 69.0 Å². The molecular weight excluding hydrogens is 1680 g/mol. The van der Waals surface area contributed by atoms with E-state index in [0.29, 0.717) is 5.56 Å². The Morgan fingerprint density at radius 2 is 1.37 bits per heavy atom. The van der Waals surface area contributed by atoms with Crippen LogP contribution in [0.4, 0.5) is 10.1 Å². The van der Waals surface area contributed by atoms with Crippen molar-refractivity contribution >= 4 is 93.7 Å². The number of aliphatic hydroxyl groups is 7. The van der Waals surface area contributed by atoms with Crippen molar-refractivity contribution in [2.75, 3.05) is 32.1 Å². The number of phenolic OH excluding ortho intramolecular Hbond substituents is 3. The minimum Gasteiger partial charge on any atom is -0.508 e. The predicted molar refractivity (Wildman–Crippen MR) is 431 cm³/mol. The number of aromatic hydroxyl groups is 3. The molecule has 16 unspecified atom stereocenters. The summed E-state index contributed by atoms with van der Waals surface area (Å²) < 4.78 is 53.5. The zero-order chi connectivity index (χ0) is 88.9. The van der Waals surface area contributed by atoms with E-state index >= 15 is 24.0 Å². The summed E-state index contributed by atoms with van der Waals surface area (Å²) in [5.41, 5.74) is 7.12. The van der Waals surface area contributed by atoms with Crippen LogP contribution in [0.5, 0.6) is 46.0 Å². The van der Waals surface area contributed by atoms with Crippen LogP contribution in [-0.4, -0.2) is 215 Å². The molecule has 18 atom stereocenters. The molecule has 7 aromatic rings. The zero-order valence-corrected chi connectivity index (χ0v) is 68.2. The Balaban J connectivity index is 1.03. The van der Waals surface area contributed by atoms with Crippen LogP contribution in [0.25, 0.3) is 11.1 Å². The van der Waals surface area contributed by atoms with Crippen molar-refractivity contribution in [2.45, 2.75) is 163 Å². The monoisotopic (exact) mass is 1770 g/mol. The molecule has 23 N–H and O–H groups in total. The maximum atomic E-state index is 16.3. The standard InChI is InChI=1S/C81H89Cl3FN13O25/c1-32(2)16-48(87-5)73(111)96-63-65(105)36-8-12-52(45(83)19-36)119-54-22-39-23-55(69(54)123-80-70(68(108)67(107)56(31-100)121-80)122-58-27-81(4,71(109)33(3)118-58)89-29-34-17-40(30-88-28-34)91-72(110)38-6-10-47(85)44(82)21-38)120-53-13-9-37(20-46(53)84)66(106)64-78(116)95-62(79(117)98-90-14-15-99)43-24-41(101)25-51(103)59(43)42-18-35(7-11-50(42)102)60(75(113)97-64)94-76(114)61(39)93-74(112)49(26-57(86)104)92-77(63)115/h6-13,17-25,28,30,32-33,48-49,56,58,60-68,70-71,80,87,89-90,99-103,105-109H,14-16,26-27,29,31H2,1-5H3,(H2,86,104)(H,91,110)(H,92,115)(H,93,112)(H,94,114)(H,95,116)(H,96,111)(H,97,113)(H,98,117)/t33?,48?,49?,56?,58?,60?,61?,62-,63?,64?,65?,66?,67?,68?,70?,71?,80?,81-/m1/s1. The van der Waals surface area contributed by atoms with Crippen LogP contribution in [0.1, 0.15) is 121 Å². The number of fused-ring (bicyclic) bond motifs is 15. The molecule has 0 aliphatic carbocycles. The lowest BCUT2D eigenvalue weighted by molar-refractivity contribution is -0.334. The summed E-state index contributed by atoms with van der Waals surface area (Å²) in [6.07, 6.45) is -16.7. The number of aromatic nitrogens is 1. The molecule has 1 aromatic heterocycles. The van der Waals surface area contributed by atoms with Crippen LogP contribution in [0.2, 0.25) is 15.1 Å². The highest BCUT2D eigenvalue weighted by molar-refractivity contribution is 6.32. The number of nitrogens with two attached hydrogens (primary N) is 1. The predicted octanol–water partition coefficient (Wildman–Crippen LogP) is 1.91. The first-order valence-electron chi connectivity index (χ1n) is 38.5. The first kappa shape index (κ1) is 91.0. The Labute approximate surface area is 714 Å².